The van der Waals surface area contributed by atoms with E-state index in [9.17, 15) is 0 Å². The van der Waals surface area contributed by atoms with E-state index in [2.05, 4.69) is 58.9 Å². The standard InChI is InChI=1S/C21H32BNO2/c1-14(2)21-13-16-12-17(19(16,3)4)20(21,5)24-22(25-21)18(23)11-15-9-7-6-8-10-15/h6-10,14,16-18H,11-13,23H2,1-5H3/t16?,17?,18?,20-,21?/m0/s1. The van der Waals surface area contributed by atoms with Gasteiger partial charge in [0, 0.05) is 5.94 Å². The summed E-state index contributed by atoms with van der Waals surface area (Å²) in [6, 6.07) is 10.4. The van der Waals surface area contributed by atoms with Crippen LogP contribution in [0, 0.1) is 23.2 Å². The van der Waals surface area contributed by atoms with Crippen LogP contribution in [0.5, 0.6) is 0 Å². The molecule has 0 radical (unpaired) electrons. The van der Waals surface area contributed by atoms with Gasteiger partial charge in [-0.3, -0.25) is 0 Å². The van der Waals surface area contributed by atoms with Crippen molar-refractivity contribution >= 4 is 7.12 Å². The van der Waals surface area contributed by atoms with Crippen LogP contribution in [0.3, 0.4) is 0 Å². The van der Waals surface area contributed by atoms with Gasteiger partial charge in [0.1, 0.15) is 0 Å². The van der Waals surface area contributed by atoms with E-state index in [1.807, 2.05) is 6.07 Å². The molecule has 2 bridgehead atoms. The maximum atomic E-state index is 6.70. The van der Waals surface area contributed by atoms with Crippen molar-refractivity contribution in [1.82, 2.24) is 0 Å². The second kappa shape index (κ2) is 5.58. The summed E-state index contributed by atoms with van der Waals surface area (Å²) in [5.41, 5.74) is 7.71. The van der Waals surface area contributed by atoms with E-state index in [1.54, 1.807) is 0 Å². The zero-order valence-corrected chi connectivity index (χ0v) is 16.3. The second-order valence-electron chi connectivity index (χ2n) is 9.62. The molecule has 1 saturated heterocycles. The maximum absolute atomic E-state index is 6.70. The van der Waals surface area contributed by atoms with Crippen molar-refractivity contribution in [3.63, 3.8) is 0 Å². The first-order chi connectivity index (χ1) is 11.7. The summed E-state index contributed by atoms with van der Waals surface area (Å²) in [7, 11) is -0.317. The van der Waals surface area contributed by atoms with Gasteiger partial charge in [-0.1, -0.05) is 58.0 Å². The summed E-state index contributed by atoms with van der Waals surface area (Å²) in [4.78, 5) is 0. The molecule has 0 amide bonds. The minimum Gasteiger partial charge on any atom is -0.402 e. The molecule has 2 N–H and O–H groups in total. The van der Waals surface area contributed by atoms with Crippen molar-refractivity contribution in [2.24, 2.45) is 28.9 Å². The first-order valence-corrected chi connectivity index (χ1v) is 9.86. The summed E-state index contributed by atoms with van der Waals surface area (Å²) < 4.78 is 13.4. The summed E-state index contributed by atoms with van der Waals surface area (Å²) in [6.45, 7) is 11.7. The highest BCUT2D eigenvalue weighted by Crippen LogP contribution is 2.70. The van der Waals surface area contributed by atoms with Gasteiger partial charge in [0.05, 0.1) is 11.2 Å². The highest BCUT2D eigenvalue weighted by atomic mass is 16.7. The van der Waals surface area contributed by atoms with Gasteiger partial charge in [-0.05, 0) is 54.9 Å². The molecule has 1 aliphatic heterocycles. The van der Waals surface area contributed by atoms with Crippen LogP contribution >= 0.6 is 0 Å². The van der Waals surface area contributed by atoms with Gasteiger partial charge in [0.25, 0.3) is 0 Å². The molecule has 3 saturated carbocycles. The fourth-order valence-corrected chi connectivity index (χ4v) is 6.08. The smallest absolute Gasteiger partial charge is 0.402 e. The molecule has 5 rings (SSSR count). The lowest BCUT2D eigenvalue weighted by Gasteiger charge is -2.69. The van der Waals surface area contributed by atoms with Gasteiger partial charge in [-0.25, -0.2) is 0 Å². The minimum absolute atomic E-state index is 0.138. The van der Waals surface area contributed by atoms with Crippen molar-refractivity contribution in [3.05, 3.63) is 35.9 Å². The van der Waals surface area contributed by atoms with Gasteiger partial charge in [0.2, 0.25) is 0 Å². The van der Waals surface area contributed by atoms with Crippen LogP contribution in [0.4, 0.5) is 0 Å². The molecule has 4 aliphatic rings. The highest BCUT2D eigenvalue weighted by Gasteiger charge is 2.75. The Hall–Kier alpha value is -0.835. The van der Waals surface area contributed by atoms with Gasteiger partial charge in [0.15, 0.2) is 0 Å². The van der Waals surface area contributed by atoms with Gasteiger partial charge < -0.3 is 15.0 Å². The van der Waals surface area contributed by atoms with Crippen molar-refractivity contribution in [1.29, 1.82) is 0 Å². The summed E-state index contributed by atoms with van der Waals surface area (Å²) >= 11 is 0. The van der Waals surface area contributed by atoms with Crippen LogP contribution in [0.15, 0.2) is 30.3 Å². The fourth-order valence-electron chi connectivity index (χ4n) is 6.08. The molecule has 1 heterocycles. The molecule has 1 aromatic rings. The topological polar surface area (TPSA) is 44.5 Å². The summed E-state index contributed by atoms with van der Waals surface area (Å²) in [6.07, 6.45) is 3.15. The maximum Gasteiger partial charge on any atom is 0.476 e. The molecule has 4 heteroatoms. The molecule has 0 aromatic heterocycles. The SMILES string of the molecule is CC(C)C12CC3CC(C3(C)C)[C@]1(C)OB(C(N)Cc1ccccc1)O2. The lowest BCUT2D eigenvalue weighted by atomic mass is 9.39. The summed E-state index contributed by atoms with van der Waals surface area (Å²) in [5.74, 6) is 1.57. The molecule has 136 valence electrons. The van der Waals surface area contributed by atoms with E-state index < -0.39 is 0 Å². The van der Waals surface area contributed by atoms with Gasteiger partial charge in [-0.2, -0.15) is 0 Å². The number of nitrogens with two attached hydrogens (primary N) is 1. The Morgan fingerprint density at radius 3 is 2.44 bits per heavy atom. The summed E-state index contributed by atoms with van der Waals surface area (Å²) in [5, 5.41) is 0. The average Bonchev–Trinajstić information content (AvgIpc) is 2.90. The molecule has 3 aliphatic carbocycles. The first-order valence-electron chi connectivity index (χ1n) is 9.86. The third kappa shape index (κ3) is 2.30. The van der Waals surface area contributed by atoms with Crippen molar-refractivity contribution in [3.8, 4) is 0 Å². The van der Waals surface area contributed by atoms with E-state index in [0.717, 1.165) is 18.8 Å². The quantitative estimate of drug-likeness (QED) is 0.846. The Morgan fingerprint density at radius 2 is 1.84 bits per heavy atom. The molecule has 4 fully saturated rings. The van der Waals surface area contributed by atoms with Crippen molar-refractivity contribution < 1.29 is 9.31 Å². The lowest BCUT2D eigenvalue weighted by Crippen LogP contribution is -2.72. The molecular weight excluding hydrogens is 309 g/mol. The first kappa shape index (κ1) is 17.6. The molecule has 0 spiro atoms. The molecular formula is C21H32BNO2. The Kier molecular flexibility index (Phi) is 3.92. The Labute approximate surface area is 152 Å². The van der Waals surface area contributed by atoms with Gasteiger partial charge in [-0.15, -0.1) is 0 Å². The largest absolute Gasteiger partial charge is 0.476 e. The second-order valence-corrected chi connectivity index (χ2v) is 9.62. The molecule has 1 aromatic carbocycles. The van der Waals surface area contributed by atoms with Gasteiger partial charge >= 0.3 is 7.12 Å². The zero-order chi connectivity index (χ0) is 18.0. The van der Waals surface area contributed by atoms with E-state index in [1.165, 1.54) is 12.0 Å². The lowest BCUT2D eigenvalue weighted by molar-refractivity contribution is -0.253. The van der Waals surface area contributed by atoms with E-state index in [0.29, 0.717) is 17.3 Å². The highest BCUT2D eigenvalue weighted by molar-refractivity contribution is 6.47. The van der Waals surface area contributed by atoms with Crippen LogP contribution in [0.1, 0.15) is 53.0 Å². The van der Waals surface area contributed by atoms with Crippen molar-refractivity contribution in [2.75, 3.05) is 0 Å². The normalized spacial score (nSPS) is 39.9. The fraction of sp³-hybridized carbons (Fsp3) is 0.714. The van der Waals surface area contributed by atoms with E-state index in [4.69, 9.17) is 15.0 Å². The third-order valence-electron chi connectivity index (χ3n) is 7.81. The zero-order valence-electron chi connectivity index (χ0n) is 16.3. The predicted molar refractivity (Wildman–Crippen MR) is 102 cm³/mol. The minimum atomic E-state index is -0.317. The Morgan fingerprint density at radius 1 is 1.16 bits per heavy atom. The van der Waals surface area contributed by atoms with Crippen LogP contribution in [0.2, 0.25) is 0 Å². The van der Waals surface area contributed by atoms with Crippen LogP contribution in [-0.2, 0) is 15.7 Å². The molecule has 3 nitrogen and oxygen atoms in total. The third-order valence-corrected chi connectivity index (χ3v) is 7.81. The Bertz CT molecular complexity index is 649. The number of benzene rings is 1. The van der Waals surface area contributed by atoms with Crippen LogP contribution in [0.25, 0.3) is 0 Å². The monoisotopic (exact) mass is 341 g/mol. The van der Waals surface area contributed by atoms with Crippen molar-refractivity contribution in [2.45, 2.75) is 71.0 Å². The predicted octanol–water partition coefficient (Wildman–Crippen LogP) is 3.85. The van der Waals surface area contributed by atoms with E-state index in [-0.39, 0.29) is 24.3 Å². The average molecular weight is 341 g/mol. The number of rotatable bonds is 4. The van der Waals surface area contributed by atoms with Crippen LogP contribution in [-0.4, -0.2) is 24.3 Å². The molecule has 4 unspecified atom stereocenters. The number of hydrogen-bond acceptors (Lipinski definition) is 3. The van der Waals surface area contributed by atoms with E-state index >= 15 is 0 Å². The van der Waals surface area contributed by atoms with Crippen LogP contribution < -0.4 is 5.73 Å². The molecule has 5 atom stereocenters. The Balaban J connectivity index is 1.60. The number of hydrogen-bond donors (Lipinski definition) is 1. The molecule has 25 heavy (non-hydrogen) atoms.